The zero-order valence-corrected chi connectivity index (χ0v) is 10.9. The van der Waals surface area contributed by atoms with Crippen molar-refractivity contribution in [1.82, 2.24) is 9.80 Å². The molecule has 0 aromatic rings. The van der Waals surface area contributed by atoms with E-state index in [0.717, 1.165) is 32.1 Å². The summed E-state index contributed by atoms with van der Waals surface area (Å²) in [5, 5.41) is 11.5. The third kappa shape index (κ3) is 3.13. The van der Waals surface area contributed by atoms with E-state index in [2.05, 4.69) is 10.1 Å². The van der Waals surface area contributed by atoms with E-state index in [9.17, 15) is 4.79 Å². The number of hydrogen-bond acceptors (Lipinski definition) is 4. The van der Waals surface area contributed by atoms with Crippen LogP contribution in [-0.2, 0) is 4.79 Å². The number of carbonyl (C=O) groups excluding carboxylic acids is 1. The van der Waals surface area contributed by atoms with Crippen molar-refractivity contribution in [3.05, 3.63) is 0 Å². The number of carbonyl (C=O) groups is 1. The first kappa shape index (κ1) is 13.1. The van der Waals surface area contributed by atoms with E-state index in [1.807, 2.05) is 4.90 Å². The van der Waals surface area contributed by atoms with Crippen molar-refractivity contribution in [2.75, 3.05) is 32.7 Å². The van der Waals surface area contributed by atoms with Crippen LogP contribution in [0.2, 0.25) is 0 Å². The highest BCUT2D eigenvalue weighted by Crippen LogP contribution is 2.29. The molecule has 0 aromatic heterocycles. The van der Waals surface area contributed by atoms with Crippen LogP contribution >= 0.6 is 0 Å². The fourth-order valence-corrected chi connectivity index (χ4v) is 2.30. The van der Waals surface area contributed by atoms with E-state index in [1.54, 1.807) is 6.92 Å². The molecule has 102 valence electrons. The van der Waals surface area contributed by atoms with Crippen molar-refractivity contribution in [3.8, 4) is 0 Å². The zero-order chi connectivity index (χ0) is 13.1. The monoisotopic (exact) mass is 254 g/mol. The largest absolute Gasteiger partial charge is 0.409 e. The number of nitrogens with two attached hydrogens (primary N) is 1. The van der Waals surface area contributed by atoms with Gasteiger partial charge in [0, 0.05) is 32.7 Å². The summed E-state index contributed by atoms with van der Waals surface area (Å²) in [7, 11) is 0. The van der Waals surface area contributed by atoms with Crippen LogP contribution in [0, 0.1) is 11.8 Å². The second kappa shape index (κ2) is 5.56. The fraction of sp³-hybridized carbons (Fsp3) is 0.833. The molecule has 1 atom stereocenters. The van der Waals surface area contributed by atoms with E-state index in [1.165, 1.54) is 19.4 Å². The number of nitrogens with zero attached hydrogens (tertiary/aromatic N) is 3. The van der Waals surface area contributed by atoms with Gasteiger partial charge in [-0.2, -0.15) is 0 Å². The Morgan fingerprint density at radius 2 is 2.00 bits per heavy atom. The molecular weight excluding hydrogens is 232 g/mol. The normalized spacial score (nSPS) is 24.1. The van der Waals surface area contributed by atoms with E-state index >= 15 is 0 Å². The average molecular weight is 254 g/mol. The molecule has 1 aliphatic carbocycles. The molecule has 2 fully saturated rings. The molecule has 0 bridgehead atoms. The summed E-state index contributed by atoms with van der Waals surface area (Å²) in [6.45, 7) is 6.21. The molecule has 3 N–H and O–H groups in total. The lowest BCUT2D eigenvalue weighted by molar-refractivity contribution is -0.134. The summed E-state index contributed by atoms with van der Waals surface area (Å²) < 4.78 is 0. The zero-order valence-electron chi connectivity index (χ0n) is 10.9. The van der Waals surface area contributed by atoms with Crippen molar-refractivity contribution >= 4 is 11.7 Å². The second-order valence-corrected chi connectivity index (χ2v) is 5.32. The molecule has 0 radical (unpaired) electrons. The van der Waals surface area contributed by atoms with Crippen molar-refractivity contribution in [2.45, 2.75) is 19.8 Å². The molecule has 1 saturated heterocycles. The molecule has 1 heterocycles. The lowest BCUT2D eigenvalue weighted by Gasteiger charge is -2.35. The molecular formula is C12H22N4O2. The highest BCUT2D eigenvalue weighted by molar-refractivity contribution is 6.01. The molecule has 6 heteroatoms. The third-order valence-electron chi connectivity index (χ3n) is 3.83. The summed E-state index contributed by atoms with van der Waals surface area (Å²) in [6, 6.07) is 0. The van der Waals surface area contributed by atoms with E-state index in [4.69, 9.17) is 10.9 Å². The first-order valence-corrected chi connectivity index (χ1v) is 6.60. The van der Waals surface area contributed by atoms with E-state index < -0.39 is 5.92 Å². The number of piperazine rings is 1. The first-order chi connectivity index (χ1) is 8.61. The molecule has 0 spiro atoms. The van der Waals surface area contributed by atoms with E-state index in [-0.39, 0.29) is 11.7 Å². The second-order valence-electron chi connectivity index (χ2n) is 5.32. The number of oxime groups is 1. The molecule has 1 unspecified atom stereocenters. The Morgan fingerprint density at radius 1 is 1.39 bits per heavy atom. The van der Waals surface area contributed by atoms with Crippen LogP contribution in [-0.4, -0.2) is 59.5 Å². The highest BCUT2D eigenvalue weighted by Gasteiger charge is 2.29. The van der Waals surface area contributed by atoms with Gasteiger partial charge in [-0.1, -0.05) is 5.16 Å². The lowest BCUT2D eigenvalue weighted by Crippen LogP contribution is -2.51. The van der Waals surface area contributed by atoms with Gasteiger partial charge in [-0.25, -0.2) is 0 Å². The van der Waals surface area contributed by atoms with Crippen LogP contribution in [0.1, 0.15) is 19.8 Å². The molecule has 1 aliphatic heterocycles. The van der Waals surface area contributed by atoms with Crippen molar-refractivity contribution < 1.29 is 10.0 Å². The summed E-state index contributed by atoms with van der Waals surface area (Å²) in [5.41, 5.74) is 5.47. The summed E-state index contributed by atoms with van der Waals surface area (Å²) in [5.74, 6) is 0.296. The number of amides is 1. The molecule has 1 saturated carbocycles. The molecule has 6 nitrogen and oxygen atoms in total. The topological polar surface area (TPSA) is 82.2 Å². The van der Waals surface area contributed by atoms with Crippen molar-refractivity contribution in [1.29, 1.82) is 0 Å². The highest BCUT2D eigenvalue weighted by atomic mass is 16.4. The van der Waals surface area contributed by atoms with Gasteiger partial charge in [-0.3, -0.25) is 9.69 Å². The first-order valence-electron chi connectivity index (χ1n) is 6.60. The fourth-order valence-electron chi connectivity index (χ4n) is 2.30. The summed E-state index contributed by atoms with van der Waals surface area (Å²) >= 11 is 0. The van der Waals surface area contributed by atoms with Crippen LogP contribution in [0.5, 0.6) is 0 Å². The van der Waals surface area contributed by atoms with Crippen molar-refractivity contribution in [3.63, 3.8) is 0 Å². The minimum Gasteiger partial charge on any atom is -0.409 e. The van der Waals surface area contributed by atoms with Crippen molar-refractivity contribution in [2.24, 2.45) is 22.7 Å². The predicted octanol–water partition coefficient (Wildman–Crippen LogP) is -0.0769. The lowest BCUT2D eigenvalue weighted by atomic mass is 10.1. The minimum absolute atomic E-state index is 0.0135. The minimum atomic E-state index is -0.537. The molecule has 2 rings (SSSR count). The molecule has 18 heavy (non-hydrogen) atoms. The Labute approximate surface area is 107 Å². The van der Waals surface area contributed by atoms with Gasteiger partial charge in [0.25, 0.3) is 0 Å². The predicted molar refractivity (Wildman–Crippen MR) is 68.3 cm³/mol. The Morgan fingerprint density at radius 3 is 2.50 bits per heavy atom. The number of amidine groups is 1. The Hall–Kier alpha value is -1.30. The van der Waals surface area contributed by atoms with Gasteiger partial charge in [0.2, 0.25) is 5.91 Å². The standard InChI is InChI=1S/C12H22N4O2/c1-9(11(13)14-18)12(17)16-6-4-15(5-7-16)8-10-2-3-10/h9-10,18H,2-8H2,1H3,(H2,13,14). The van der Waals surface area contributed by atoms with Crippen LogP contribution < -0.4 is 5.73 Å². The number of rotatable bonds is 4. The third-order valence-corrected chi connectivity index (χ3v) is 3.83. The maximum Gasteiger partial charge on any atom is 0.233 e. The van der Waals surface area contributed by atoms with E-state index in [0.29, 0.717) is 0 Å². The van der Waals surface area contributed by atoms with Crippen LogP contribution in [0.3, 0.4) is 0 Å². The summed E-state index contributed by atoms with van der Waals surface area (Å²) in [4.78, 5) is 16.3. The SMILES string of the molecule is CC(C(=O)N1CCN(CC2CC2)CC1)C(N)=NO. The Bertz CT molecular complexity index is 333. The molecule has 0 aromatic carbocycles. The quantitative estimate of drug-likeness (QED) is 0.318. The smallest absolute Gasteiger partial charge is 0.233 e. The Kier molecular flexibility index (Phi) is 4.06. The van der Waals surface area contributed by atoms with Gasteiger partial charge < -0.3 is 15.8 Å². The average Bonchev–Trinajstić information content (AvgIpc) is 3.21. The Balaban J connectivity index is 1.79. The van der Waals surface area contributed by atoms with Gasteiger partial charge in [0.05, 0.1) is 5.92 Å². The van der Waals surface area contributed by atoms with Gasteiger partial charge in [0.15, 0.2) is 5.84 Å². The molecule has 1 amide bonds. The maximum absolute atomic E-state index is 12.1. The van der Waals surface area contributed by atoms with Crippen LogP contribution in [0.25, 0.3) is 0 Å². The van der Waals surface area contributed by atoms with Crippen LogP contribution in [0.15, 0.2) is 5.16 Å². The van der Waals surface area contributed by atoms with Gasteiger partial charge in [-0.15, -0.1) is 0 Å². The van der Waals surface area contributed by atoms with Crippen LogP contribution in [0.4, 0.5) is 0 Å². The summed E-state index contributed by atoms with van der Waals surface area (Å²) in [6.07, 6.45) is 2.72. The van der Waals surface area contributed by atoms with Gasteiger partial charge >= 0.3 is 0 Å². The van der Waals surface area contributed by atoms with Gasteiger partial charge in [0.1, 0.15) is 0 Å². The van der Waals surface area contributed by atoms with Gasteiger partial charge in [-0.05, 0) is 25.7 Å². The maximum atomic E-state index is 12.1. The number of hydrogen-bond donors (Lipinski definition) is 2. The molecule has 2 aliphatic rings.